The highest BCUT2D eigenvalue weighted by molar-refractivity contribution is 5.48. The average molecular weight is 218 g/mol. The Hall–Kier alpha value is -1.02. The molecule has 0 saturated carbocycles. The fourth-order valence-electron chi connectivity index (χ4n) is 2.27. The molecule has 1 aromatic carbocycles. The van der Waals surface area contributed by atoms with E-state index in [9.17, 15) is 0 Å². The monoisotopic (exact) mass is 218 g/mol. The summed E-state index contributed by atoms with van der Waals surface area (Å²) < 4.78 is 0. The molecule has 0 radical (unpaired) electrons. The molecule has 88 valence electrons. The van der Waals surface area contributed by atoms with Crippen LogP contribution in [0.3, 0.4) is 0 Å². The van der Waals surface area contributed by atoms with E-state index in [-0.39, 0.29) is 0 Å². The minimum atomic E-state index is 0.902. The van der Waals surface area contributed by atoms with Crippen LogP contribution in [0.4, 0.5) is 5.69 Å². The van der Waals surface area contributed by atoms with Gasteiger partial charge < -0.3 is 5.73 Å². The first kappa shape index (κ1) is 11.5. The third-order valence-corrected chi connectivity index (χ3v) is 3.63. The SMILES string of the molecule is Cc1ccc(CN2CCC(C)CC2)cc1N. The van der Waals surface area contributed by atoms with Gasteiger partial charge in [-0.1, -0.05) is 19.1 Å². The lowest BCUT2D eigenvalue weighted by Gasteiger charge is -2.30. The molecule has 2 heteroatoms. The van der Waals surface area contributed by atoms with E-state index in [0.29, 0.717) is 0 Å². The van der Waals surface area contributed by atoms with Crippen LogP contribution in [-0.2, 0) is 6.54 Å². The molecule has 2 nitrogen and oxygen atoms in total. The number of anilines is 1. The van der Waals surface area contributed by atoms with E-state index in [1.165, 1.54) is 37.1 Å². The largest absolute Gasteiger partial charge is 0.399 e. The molecule has 0 spiro atoms. The van der Waals surface area contributed by atoms with E-state index >= 15 is 0 Å². The summed E-state index contributed by atoms with van der Waals surface area (Å²) in [5.41, 5.74) is 9.37. The lowest BCUT2D eigenvalue weighted by molar-refractivity contribution is 0.185. The lowest BCUT2D eigenvalue weighted by Crippen LogP contribution is -2.32. The highest BCUT2D eigenvalue weighted by Gasteiger charge is 2.15. The first-order valence-electron chi connectivity index (χ1n) is 6.22. The van der Waals surface area contributed by atoms with E-state index in [1.54, 1.807) is 0 Å². The van der Waals surface area contributed by atoms with Crippen LogP contribution in [0.1, 0.15) is 30.9 Å². The molecule has 0 aromatic heterocycles. The number of nitrogens with zero attached hydrogens (tertiary/aromatic N) is 1. The van der Waals surface area contributed by atoms with Crippen LogP contribution in [0.5, 0.6) is 0 Å². The van der Waals surface area contributed by atoms with Crippen LogP contribution >= 0.6 is 0 Å². The van der Waals surface area contributed by atoms with Crippen molar-refractivity contribution >= 4 is 5.69 Å². The number of nitrogen functional groups attached to an aromatic ring is 1. The molecule has 16 heavy (non-hydrogen) atoms. The second-order valence-electron chi connectivity index (χ2n) is 5.15. The summed E-state index contributed by atoms with van der Waals surface area (Å²) >= 11 is 0. The minimum absolute atomic E-state index is 0.902. The van der Waals surface area contributed by atoms with Gasteiger partial charge in [-0.05, 0) is 56.0 Å². The maximum absolute atomic E-state index is 5.93. The van der Waals surface area contributed by atoms with Crippen LogP contribution in [0.15, 0.2) is 18.2 Å². The van der Waals surface area contributed by atoms with Gasteiger partial charge in [0.05, 0.1) is 0 Å². The van der Waals surface area contributed by atoms with Crippen molar-refractivity contribution in [2.75, 3.05) is 18.8 Å². The summed E-state index contributed by atoms with van der Waals surface area (Å²) in [5, 5.41) is 0. The summed E-state index contributed by atoms with van der Waals surface area (Å²) in [6.07, 6.45) is 2.67. The Kier molecular flexibility index (Phi) is 3.49. The van der Waals surface area contributed by atoms with Gasteiger partial charge in [0.15, 0.2) is 0 Å². The Balaban J connectivity index is 1.96. The summed E-state index contributed by atoms with van der Waals surface area (Å²) in [6.45, 7) is 7.92. The normalized spacial score (nSPS) is 18.9. The molecule has 1 heterocycles. The lowest BCUT2D eigenvalue weighted by atomic mass is 9.98. The van der Waals surface area contributed by atoms with Crippen molar-refractivity contribution in [2.45, 2.75) is 33.2 Å². The Morgan fingerprint density at radius 3 is 2.62 bits per heavy atom. The third-order valence-electron chi connectivity index (χ3n) is 3.63. The first-order valence-corrected chi connectivity index (χ1v) is 6.22. The predicted molar refractivity (Wildman–Crippen MR) is 69.3 cm³/mol. The van der Waals surface area contributed by atoms with E-state index in [1.807, 2.05) is 0 Å². The van der Waals surface area contributed by atoms with Gasteiger partial charge in [-0.15, -0.1) is 0 Å². The maximum atomic E-state index is 5.93. The number of nitrogens with two attached hydrogens (primary N) is 1. The number of hydrogen-bond acceptors (Lipinski definition) is 2. The van der Waals surface area contributed by atoms with Gasteiger partial charge in [0.2, 0.25) is 0 Å². The molecule has 1 aliphatic rings. The standard InChI is InChI=1S/C14H22N2/c1-11-5-7-16(8-6-11)10-13-4-3-12(2)14(15)9-13/h3-4,9,11H,5-8,10,15H2,1-2H3. The van der Waals surface area contributed by atoms with Crippen LogP contribution in [0.2, 0.25) is 0 Å². The fourth-order valence-corrected chi connectivity index (χ4v) is 2.27. The van der Waals surface area contributed by atoms with Gasteiger partial charge in [-0.25, -0.2) is 0 Å². The number of benzene rings is 1. The van der Waals surface area contributed by atoms with Crippen molar-refractivity contribution in [3.05, 3.63) is 29.3 Å². The van der Waals surface area contributed by atoms with Crippen LogP contribution in [0, 0.1) is 12.8 Å². The highest BCUT2D eigenvalue weighted by atomic mass is 15.1. The Labute approximate surface area is 98.4 Å². The Bertz CT molecular complexity index is 352. The van der Waals surface area contributed by atoms with Crippen LogP contribution in [0.25, 0.3) is 0 Å². The van der Waals surface area contributed by atoms with Crippen molar-refractivity contribution in [3.63, 3.8) is 0 Å². The van der Waals surface area contributed by atoms with Crippen molar-refractivity contribution in [2.24, 2.45) is 5.92 Å². The van der Waals surface area contributed by atoms with Crippen LogP contribution in [-0.4, -0.2) is 18.0 Å². The molecular weight excluding hydrogens is 196 g/mol. The van der Waals surface area contributed by atoms with Gasteiger partial charge in [0, 0.05) is 12.2 Å². The molecule has 0 aliphatic carbocycles. The first-order chi connectivity index (χ1) is 7.65. The average Bonchev–Trinajstić information content (AvgIpc) is 2.27. The summed E-state index contributed by atoms with van der Waals surface area (Å²) in [7, 11) is 0. The maximum Gasteiger partial charge on any atom is 0.0346 e. The zero-order valence-electron chi connectivity index (χ0n) is 10.4. The number of rotatable bonds is 2. The van der Waals surface area contributed by atoms with Crippen molar-refractivity contribution < 1.29 is 0 Å². The van der Waals surface area contributed by atoms with Crippen molar-refractivity contribution in [1.29, 1.82) is 0 Å². The number of piperidine rings is 1. The smallest absolute Gasteiger partial charge is 0.0346 e. The molecule has 1 aromatic rings. The number of aryl methyl sites for hydroxylation is 1. The van der Waals surface area contributed by atoms with Crippen molar-refractivity contribution in [1.82, 2.24) is 4.90 Å². The van der Waals surface area contributed by atoms with E-state index < -0.39 is 0 Å². The highest BCUT2D eigenvalue weighted by Crippen LogP contribution is 2.19. The fraction of sp³-hybridized carbons (Fsp3) is 0.571. The Morgan fingerprint density at radius 2 is 2.00 bits per heavy atom. The molecule has 0 atom stereocenters. The van der Waals surface area contributed by atoms with E-state index in [2.05, 4.69) is 36.9 Å². The van der Waals surface area contributed by atoms with Gasteiger partial charge in [0.25, 0.3) is 0 Å². The molecule has 2 rings (SSSR count). The van der Waals surface area contributed by atoms with Gasteiger partial charge >= 0.3 is 0 Å². The van der Waals surface area contributed by atoms with Crippen LogP contribution < -0.4 is 5.73 Å². The van der Waals surface area contributed by atoms with E-state index in [0.717, 1.165) is 18.2 Å². The second kappa shape index (κ2) is 4.88. The molecule has 0 unspecified atom stereocenters. The van der Waals surface area contributed by atoms with Gasteiger partial charge in [-0.2, -0.15) is 0 Å². The topological polar surface area (TPSA) is 29.3 Å². The molecule has 1 saturated heterocycles. The summed E-state index contributed by atoms with van der Waals surface area (Å²) in [4.78, 5) is 2.53. The molecule has 0 amide bonds. The quantitative estimate of drug-likeness (QED) is 0.773. The zero-order chi connectivity index (χ0) is 11.5. The molecule has 1 aliphatic heterocycles. The van der Waals surface area contributed by atoms with Crippen molar-refractivity contribution in [3.8, 4) is 0 Å². The molecule has 1 fully saturated rings. The molecule has 0 bridgehead atoms. The molecular formula is C14H22N2. The summed E-state index contributed by atoms with van der Waals surface area (Å²) in [5.74, 6) is 0.902. The van der Waals surface area contributed by atoms with E-state index in [4.69, 9.17) is 5.73 Å². The second-order valence-corrected chi connectivity index (χ2v) is 5.15. The molecule has 2 N–H and O–H groups in total. The Morgan fingerprint density at radius 1 is 1.31 bits per heavy atom. The zero-order valence-corrected chi connectivity index (χ0v) is 10.4. The van der Waals surface area contributed by atoms with Gasteiger partial charge in [0.1, 0.15) is 0 Å². The minimum Gasteiger partial charge on any atom is -0.399 e. The third kappa shape index (κ3) is 2.76. The summed E-state index contributed by atoms with van der Waals surface area (Å²) in [6, 6.07) is 6.44. The predicted octanol–water partition coefficient (Wildman–Crippen LogP) is 2.81. The number of likely N-dealkylation sites (tertiary alicyclic amines) is 1. The number of hydrogen-bond donors (Lipinski definition) is 1. The van der Waals surface area contributed by atoms with Gasteiger partial charge in [-0.3, -0.25) is 4.90 Å².